The first kappa shape index (κ1) is 20.2. The summed E-state index contributed by atoms with van der Waals surface area (Å²) in [7, 11) is 0. The number of aromatic amines is 1. The fraction of sp³-hybridized carbons (Fsp3) is 0.381. The molecule has 0 saturated carbocycles. The van der Waals surface area contributed by atoms with Gasteiger partial charge in [0.1, 0.15) is 5.82 Å². The Hall–Kier alpha value is -3.07. The zero-order chi connectivity index (χ0) is 20.3. The van der Waals surface area contributed by atoms with E-state index in [0.717, 1.165) is 16.5 Å². The first-order valence-corrected chi connectivity index (χ1v) is 9.28. The molecule has 6 nitrogen and oxygen atoms in total. The monoisotopic (exact) mass is 366 g/mol. The van der Waals surface area contributed by atoms with E-state index >= 15 is 0 Å². The molecule has 0 spiro atoms. The van der Waals surface area contributed by atoms with Crippen molar-refractivity contribution in [1.82, 2.24) is 14.1 Å². The molecule has 0 aliphatic carbocycles. The van der Waals surface area contributed by atoms with Crippen LogP contribution in [0.25, 0.3) is 16.7 Å². The van der Waals surface area contributed by atoms with Crippen LogP contribution in [0.4, 0.5) is 0 Å². The Morgan fingerprint density at radius 3 is 2.44 bits per heavy atom. The van der Waals surface area contributed by atoms with E-state index in [2.05, 4.69) is 11.1 Å². The number of rotatable bonds is 3. The summed E-state index contributed by atoms with van der Waals surface area (Å²) in [5, 5.41) is 10.2. The van der Waals surface area contributed by atoms with E-state index in [-0.39, 0.29) is 11.5 Å². The van der Waals surface area contributed by atoms with Gasteiger partial charge in [-0.2, -0.15) is 5.26 Å². The fourth-order valence-electron chi connectivity index (χ4n) is 3.31. The van der Waals surface area contributed by atoms with Crippen LogP contribution in [0, 0.1) is 18.3 Å². The Kier molecular flexibility index (Phi) is 6.06. The predicted molar refractivity (Wildman–Crippen MR) is 109 cm³/mol. The fourth-order valence-corrected chi connectivity index (χ4v) is 3.31. The van der Waals surface area contributed by atoms with Crippen LogP contribution in [0.15, 0.2) is 34.0 Å². The van der Waals surface area contributed by atoms with E-state index in [1.165, 1.54) is 0 Å². The molecule has 0 atom stereocenters. The maximum atomic E-state index is 12.5. The molecule has 0 fully saturated rings. The van der Waals surface area contributed by atoms with E-state index < -0.39 is 5.69 Å². The number of hydrogen-bond donors (Lipinski definition) is 1. The van der Waals surface area contributed by atoms with Gasteiger partial charge in [-0.1, -0.05) is 27.7 Å². The van der Waals surface area contributed by atoms with Crippen LogP contribution >= 0.6 is 0 Å². The third-order valence-corrected chi connectivity index (χ3v) is 4.40. The Morgan fingerprint density at radius 2 is 1.89 bits per heavy atom. The molecule has 2 heterocycles. The lowest BCUT2D eigenvalue weighted by atomic mass is 10.0. The third kappa shape index (κ3) is 3.45. The summed E-state index contributed by atoms with van der Waals surface area (Å²) in [5.41, 5.74) is 2.10. The summed E-state index contributed by atoms with van der Waals surface area (Å²) < 4.78 is 3.41. The van der Waals surface area contributed by atoms with Crippen molar-refractivity contribution in [2.75, 3.05) is 0 Å². The smallest absolute Gasteiger partial charge is 0.302 e. The first-order chi connectivity index (χ1) is 12.9. The standard InChI is InChI=1S/C19H20N4O2.C2H6/c1-5-22-18(16(11(2)3)17(24)21-19(22)25)23-7-6-14-13(10-20)8-12(4)9-15(14)23;1-2/h6-9,11H,5H2,1-4H3,(H,21,24,25);1-2H3. The number of nitriles is 1. The molecule has 0 saturated heterocycles. The first-order valence-electron chi connectivity index (χ1n) is 9.28. The zero-order valence-electron chi connectivity index (χ0n) is 16.8. The van der Waals surface area contributed by atoms with Crippen LogP contribution in [0.1, 0.15) is 57.2 Å². The van der Waals surface area contributed by atoms with Crippen molar-refractivity contribution in [3.05, 3.63) is 61.9 Å². The Labute approximate surface area is 158 Å². The van der Waals surface area contributed by atoms with Crippen LogP contribution in [-0.2, 0) is 6.54 Å². The molecule has 1 aromatic carbocycles. The van der Waals surface area contributed by atoms with Crippen LogP contribution in [0.5, 0.6) is 0 Å². The van der Waals surface area contributed by atoms with Crippen molar-refractivity contribution in [2.24, 2.45) is 0 Å². The number of nitrogens with zero attached hydrogens (tertiary/aromatic N) is 3. The van der Waals surface area contributed by atoms with Gasteiger partial charge in [0.25, 0.3) is 5.56 Å². The van der Waals surface area contributed by atoms with Crippen molar-refractivity contribution in [3.63, 3.8) is 0 Å². The number of hydrogen-bond acceptors (Lipinski definition) is 3. The van der Waals surface area contributed by atoms with Gasteiger partial charge in [-0.25, -0.2) is 4.79 Å². The summed E-state index contributed by atoms with van der Waals surface area (Å²) in [5.74, 6) is 0.505. The number of aromatic nitrogens is 3. The predicted octanol–water partition coefficient (Wildman–Crippen LogP) is 3.83. The normalized spacial score (nSPS) is 10.6. The largest absolute Gasteiger partial charge is 0.329 e. The maximum Gasteiger partial charge on any atom is 0.329 e. The quantitative estimate of drug-likeness (QED) is 0.764. The second kappa shape index (κ2) is 8.09. The molecule has 0 unspecified atom stereocenters. The van der Waals surface area contributed by atoms with E-state index in [9.17, 15) is 14.9 Å². The van der Waals surface area contributed by atoms with Gasteiger partial charge in [-0.05, 0) is 43.5 Å². The Bertz CT molecular complexity index is 1120. The lowest BCUT2D eigenvalue weighted by Crippen LogP contribution is -2.35. The van der Waals surface area contributed by atoms with Crippen LogP contribution in [0.3, 0.4) is 0 Å². The lowest BCUT2D eigenvalue weighted by Gasteiger charge is -2.19. The van der Waals surface area contributed by atoms with Gasteiger partial charge in [0.2, 0.25) is 0 Å². The van der Waals surface area contributed by atoms with Crippen LogP contribution < -0.4 is 11.2 Å². The summed E-state index contributed by atoms with van der Waals surface area (Å²) in [4.78, 5) is 27.2. The van der Waals surface area contributed by atoms with Gasteiger partial charge >= 0.3 is 5.69 Å². The van der Waals surface area contributed by atoms with Gasteiger partial charge in [-0.15, -0.1) is 0 Å². The maximum absolute atomic E-state index is 12.5. The minimum absolute atomic E-state index is 0.0603. The number of H-pyrrole nitrogens is 1. The summed E-state index contributed by atoms with van der Waals surface area (Å²) >= 11 is 0. The number of nitrogens with one attached hydrogen (secondary N) is 1. The SMILES string of the molecule is CC.CCn1c(-n2ccc3c(C#N)cc(C)cc32)c(C(C)C)c(=O)[nH]c1=O. The highest BCUT2D eigenvalue weighted by molar-refractivity contribution is 5.88. The summed E-state index contributed by atoms with van der Waals surface area (Å²) in [6, 6.07) is 7.86. The molecule has 0 aliphatic rings. The highest BCUT2D eigenvalue weighted by atomic mass is 16.2. The van der Waals surface area contributed by atoms with E-state index in [4.69, 9.17) is 0 Å². The Balaban J connectivity index is 0.00000126. The highest BCUT2D eigenvalue weighted by Gasteiger charge is 2.20. The second-order valence-corrected chi connectivity index (χ2v) is 6.44. The van der Waals surface area contributed by atoms with Gasteiger partial charge in [0.15, 0.2) is 0 Å². The van der Waals surface area contributed by atoms with Crippen molar-refractivity contribution in [3.8, 4) is 11.9 Å². The molecule has 1 N–H and O–H groups in total. The topological polar surface area (TPSA) is 83.6 Å². The minimum atomic E-state index is -0.429. The zero-order valence-corrected chi connectivity index (χ0v) is 16.8. The van der Waals surface area contributed by atoms with Gasteiger partial charge < -0.3 is 4.57 Å². The van der Waals surface area contributed by atoms with Crippen molar-refractivity contribution in [2.45, 2.75) is 54.0 Å². The number of aryl methyl sites for hydroxylation is 1. The molecule has 142 valence electrons. The molecule has 27 heavy (non-hydrogen) atoms. The number of benzene rings is 1. The molecule has 3 aromatic rings. The van der Waals surface area contributed by atoms with Crippen LogP contribution in [0.2, 0.25) is 0 Å². The van der Waals surface area contributed by atoms with Crippen molar-refractivity contribution >= 4 is 10.9 Å². The molecule has 0 radical (unpaired) electrons. The summed E-state index contributed by atoms with van der Waals surface area (Å²) in [6.07, 6.45) is 1.82. The average molecular weight is 366 g/mol. The van der Waals surface area contributed by atoms with E-state index in [0.29, 0.717) is 23.5 Å². The second-order valence-electron chi connectivity index (χ2n) is 6.44. The van der Waals surface area contributed by atoms with Gasteiger partial charge in [0, 0.05) is 18.1 Å². The van der Waals surface area contributed by atoms with Crippen molar-refractivity contribution < 1.29 is 0 Å². The third-order valence-electron chi connectivity index (χ3n) is 4.40. The minimum Gasteiger partial charge on any atom is -0.302 e. The molecule has 3 rings (SSSR count). The van der Waals surface area contributed by atoms with Crippen LogP contribution in [-0.4, -0.2) is 14.1 Å². The van der Waals surface area contributed by atoms with E-state index in [1.807, 2.05) is 70.5 Å². The Morgan fingerprint density at radius 1 is 1.22 bits per heavy atom. The number of fused-ring (bicyclic) bond motifs is 1. The van der Waals surface area contributed by atoms with E-state index in [1.54, 1.807) is 4.57 Å². The molecular weight excluding hydrogens is 340 g/mol. The molecule has 6 heteroatoms. The molecule has 0 amide bonds. The van der Waals surface area contributed by atoms with Crippen molar-refractivity contribution in [1.29, 1.82) is 5.26 Å². The average Bonchev–Trinajstić information content (AvgIpc) is 3.05. The molecule has 2 aromatic heterocycles. The van der Waals surface area contributed by atoms with Gasteiger partial charge in [-0.3, -0.25) is 14.3 Å². The highest BCUT2D eigenvalue weighted by Crippen LogP contribution is 2.27. The molecule has 0 aliphatic heterocycles. The summed E-state index contributed by atoms with van der Waals surface area (Å²) in [6.45, 7) is 12.1. The molecular formula is C21H26N4O2. The lowest BCUT2D eigenvalue weighted by molar-refractivity contribution is 0.644. The molecule has 0 bridgehead atoms. The van der Waals surface area contributed by atoms with Gasteiger partial charge in [0.05, 0.1) is 22.7 Å².